The minimum absolute atomic E-state index is 0.0128. The molecule has 10 heteroatoms. The maximum Gasteiger partial charge on any atom is 0.418 e. The first kappa shape index (κ1) is 28.3. The molecule has 6 atom stereocenters. The number of hydrogen-bond donors (Lipinski definition) is 3. The number of aliphatic hydroxyl groups excluding tert-OH is 1. The molecule has 2 aromatic carbocycles. The fourth-order valence-corrected chi connectivity index (χ4v) is 7.97. The van der Waals surface area contributed by atoms with Gasteiger partial charge in [-0.15, -0.1) is 0 Å². The van der Waals surface area contributed by atoms with Gasteiger partial charge in [0, 0.05) is 24.4 Å². The Balaban J connectivity index is 1.29. The Morgan fingerprint density at radius 1 is 1.15 bits per heavy atom. The largest absolute Gasteiger partial charge is 0.508 e. The Bertz CT molecular complexity index is 1300. The molecule has 41 heavy (non-hydrogen) atoms. The van der Waals surface area contributed by atoms with E-state index in [4.69, 9.17) is 9.47 Å². The lowest BCUT2D eigenvalue weighted by Crippen LogP contribution is -2.51. The topological polar surface area (TPSA) is 91.3 Å². The number of aromatic hydroxyl groups is 1. The van der Waals surface area contributed by atoms with Gasteiger partial charge in [-0.25, -0.2) is 0 Å². The number of nitrogens with zero attached hydrogens (tertiary/aromatic N) is 1. The fraction of sp³-hybridized carbons (Fsp3) is 0.581. The van der Waals surface area contributed by atoms with E-state index in [0.29, 0.717) is 45.1 Å². The number of hydrogen-bond acceptors (Lipinski definition) is 6. The molecule has 1 heterocycles. The normalized spacial score (nSPS) is 31.6. The Labute approximate surface area is 237 Å². The Morgan fingerprint density at radius 3 is 2.68 bits per heavy atom. The van der Waals surface area contributed by atoms with E-state index >= 15 is 0 Å². The third kappa shape index (κ3) is 5.42. The Morgan fingerprint density at radius 2 is 1.93 bits per heavy atom. The summed E-state index contributed by atoms with van der Waals surface area (Å²) in [7, 11) is 0. The third-order valence-corrected chi connectivity index (χ3v) is 9.94. The highest BCUT2D eigenvalue weighted by Gasteiger charge is 2.58. The molecule has 0 spiro atoms. The average molecular weight is 575 g/mol. The monoisotopic (exact) mass is 574 g/mol. The van der Waals surface area contributed by atoms with Crippen LogP contribution in [0.2, 0.25) is 0 Å². The van der Waals surface area contributed by atoms with Crippen LogP contribution >= 0.6 is 0 Å². The molecule has 0 unspecified atom stereocenters. The highest BCUT2D eigenvalue weighted by atomic mass is 19.4. The van der Waals surface area contributed by atoms with Crippen molar-refractivity contribution in [3.05, 3.63) is 53.1 Å². The molecule has 3 fully saturated rings. The van der Waals surface area contributed by atoms with Crippen LogP contribution in [0.5, 0.6) is 11.5 Å². The smallest absolute Gasteiger partial charge is 0.418 e. The van der Waals surface area contributed by atoms with E-state index in [1.54, 1.807) is 12.1 Å². The molecule has 2 saturated carbocycles. The van der Waals surface area contributed by atoms with Gasteiger partial charge in [-0.3, -0.25) is 9.69 Å². The lowest BCUT2D eigenvalue weighted by atomic mass is 9.54. The van der Waals surface area contributed by atoms with Crippen molar-refractivity contribution < 1.29 is 37.7 Å². The lowest BCUT2D eigenvalue weighted by Gasteiger charge is -2.53. The molecule has 6 rings (SSSR count). The number of rotatable bonds is 5. The second-order valence-corrected chi connectivity index (χ2v) is 12.3. The number of fused-ring (bicyclic) bond motifs is 5. The summed E-state index contributed by atoms with van der Waals surface area (Å²) in [6, 6.07) is 9.06. The zero-order chi connectivity index (χ0) is 28.9. The predicted octanol–water partition coefficient (Wildman–Crippen LogP) is 4.96. The molecule has 4 aliphatic rings. The highest BCUT2D eigenvalue weighted by molar-refractivity contribution is 5.93. The summed E-state index contributed by atoms with van der Waals surface area (Å²) in [5.41, 5.74) is 0.449. The van der Waals surface area contributed by atoms with E-state index in [2.05, 4.69) is 12.2 Å². The van der Waals surface area contributed by atoms with E-state index in [-0.39, 0.29) is 41.0 Å². The Hall–Kier alpha value is -2.82. The number of carbonyl (C=O) groups excluding carboxylic acids is 1. The third-order valence-electron chi connectivity index (χ3n) is 9.94. The number of halogens is 3. The van der Waals surface area contributed by atoms with E-state index in [9.17, 15) is 28.2 Å². The molecular weight excluding hydrogens is 537 g/mol. The number of alkyl halides is 3. The van der Waals surface area contributed by atoms with Crippen LogP contribution in [0.15, 0.2) is 36.4 Å². The SMILES string of the molecule is C[C@]12C[C@H](Oc3ccc(NC(=O)CN4CCOCC4)c(C(F)(F)F)c3)[C@@H]3c4ccc(O)cc4CC[C@H]3[C@@H]1CC[C@@H]2O. The summed E-state index contributed by atoms with van der Waals surface area (Å²) >= 11 is 0. The molecule has 0 bridgehead atoms. The van der Waals surface area contributed by atoms with Crippen LogP contribution in [0.25, 0.3) is 0 Å². The van der Waals surface area contributed by atoms with Gasteiger partial charge < -0.3 is 25.0 Å². The van der Waals surface area contributed by atoms with Gasteiger partial charge in [0.15, 0.2) is 0 Å². The molecule has 1 aliphatic heterocycles. The number of carbonyl (C=O) groups is 1. The minimum atomic E-state index is -4.70. The molecular formula is C31H37F3N2O5. The number of ether oxygens (including phenoxy) is 2. The Kier molecular flexibility index (Phi) is 7.45. The van der Waals surface area contributed by atoms with Crippen molar-refractivity contribution in [2.24, 2.45) is 17.3 Å². The number of phenols is 1. The van der Waals surface area contributed by atoms with Gasteiger partial charge in [-0.2, -0.15) is 13.2 Å². The van der Waals surface area contributed by atoms with Crippen molar-refractivity contribution in [3.63, 3.8) is 0 Å². The zero-order valence-corrected chi connectivity index (χ0v) is 23.1. The van der Waals surface area contributed by atoms with Crippen LogP contribution in [0.1, 0.15) is 55.2 Å². The zero-order valence-electron chi connectivity index (χ0n) is 23.1. The van der Waals surface area contributed by atoms with Gasteiger partial charge in [-0.05, 0) is 85.4 Å². The summed E-state index contributed by atoms with van der Waals surface area (Å²) in [6.45, 7) is 4.14. The molecule has 1 saturated heterocycles. The number of morpholine rings is 1. The molecule has 2 aromatic rings. The maximum atomic E-state index is 14.2. The van der Waals surface area contributed by atoms with Crippen molar-refractivity contribution >= 4 is 11.6 Å². The maximum absolute atomic E-state index is 14.2. The number of aliphatic hydroxyl groups is 1. The molecule has 1 amide bonds. The minimum Gasteiger partial charge on any atom is -0.508 e. The summed E-state index contributed by atoms with van der Waals surface area (Å²) in [5, 5.41) is 23.5. The van der Waals surface area contributed by atoms with Gasteiger partial charge in [0.2, 0.25) is 5.91 Å². The number of aryl methyl sites for hydroxylation is 1. The van der Waals surface area contributed by atoms with Crippen LogP contribution in [-0.2, 0) is 22.1 Å². The van der Waals surface area contributed by atoms with Crippen molar-refractivity contribution in [3.8, 4) is 11.5 Å². The first-order chi connectivity index (χ1) is 19.5. The van der Waals surface area contributed by atoms with Crippen molar-refractivity contribution in [1.82, 2.24) is 4.90 Å². The summed E-state index contributed by atoms with van der Waals surface area (Å²) in [5.74, 6) is 0.195. The molecule has 3 aliphatic carbocycles. The van der Waals surface area contributed by atoms with Gasteiger partial charge >= 0.3 is 6.18 Å². The molecule has 7 nitrogen and oxygen atoms in total. The average Bonchev–Trinajstić information content (AvgIpc) is 3.22. The van der Waals surface area contributed by atoms with Gasteiger partial charge in [-0.1, -0.05) is 13.0 Å². The van der Waals surface area contributed by atoms with E-state index in [1.807, 2.05) is 11.0 Å². The predicted molar refractivity (Wildman–Crippen MR) is 146 cm³/mol. The molecule has 222 valence electrons. The van der Waals surface area contributed by atoms with E-state index in [1.165, 1.54) is 12.1 Å². The van der Waals surface area contributed by atoms with Crippen LogP contribution in [-0.4, -0.2) is 66.1 Å². The first-order valence-corrected chi connectivity index (χ1v) is 14.5. The number of amides is 1. The first-order valence-electron chi connectivity index (χ1n) is 14.5. The van der Waals surface area contributed by atoms with Crippen molar-refractivity contribution in [2.45, 2.75) is 63.3 Å². The summed E-state index contributed by atoms with van der Waals surface area (Å²) in [6.07, 6.45) is -1.85. The highest BCUT2D eigenvalue weighted by Crippen LogP contribution is 2.61. The standard InChI is InChI=1S/C31H37F3N2O5/c1-30-16-26(29-21-6-3-19(37)14-18(21)2-5-22(29)23(30)7-9-27(30)38)41-20-4-8-25(24(15-20)31(32,33)34)35-28(39)17-36-10-12-40-13-11-36/h3-4,6,8,14-15,22-23,26-27,29,37-38H,2,5,7,9-13,16-17H2,1H3,(H,35,39)/t22-,23-,26-,27-,29+,30-/m0/s1. The van der Waals surface area contributed by atoms with Crippen LogP contribution in [0.4, 0.5) is 18.9 Å². The second kappa shape index (κ2) is 10.8. The van der Waals surface area contributed by atoms with Gasteiger partial charge in [0.25, 0.3) is 0 Å². The number of benzene rings is 2. The number of phenolic OH excluding ortho intramolecular Hbond substituents is 1. The van der Waals surface area contributed by atoms with Gasteiger partial charge in [0.05, 0.1) is 37.1 Å². The van der Waals surface area contributed by atoms with E-state index < -0.39 is 29.9 Å². The lowest BCUT2D eigenvalue weighted by molar-refractivity contribution is -0.137. The number of anilines is 1. The van der Waals surface area contributed by atoms with Crippen LogP contribution in [0, 0.1) is 17.3 Å². The van der Waals surface area contributed by atoms with Crippen molar-refractivity contribution in [2.75, 3.05) is 38.2 Å². The van der Waals surface area contributed by atoms with E-state index in [0.717, 1.165) is 36.5 Å². The number of nitrogens with one attached hydrogen (secondary N) is 1. The van der Waals surface area contributed by atoms with Crippen LogP contribution < -0.4 is 10.1 Å². The molecule has 0 aromatic heterocycles. The fourth-order valence-electron chi connectivity index (χ4n) is 7.97. The summed E-state index contributed by atoms with van der Waals surface area (Å²) < 4.78 is 54.4. The van der Waals surface area contributed by atoms with Crippen LogP contribution in [0.3, 0.4) is 0 Å². The summed E-state index contributed by atoms with van der Waals surface area (Å²) in [4.78, 5) is 14.4. The molecule has 0 radical (unpaired) electrons. The second-order valence-electron chi connectivity index (χ2n) is 12.3. The molecule has 3 N–H and O–H groups in total. The van der Waals surface area contributed by atoms with Crippen molar-refractivity contribution in [1.29, 1.82) is 0 Å². The quantitative estimate of drug-likeness (QED) is 0.468. The van der Waals surface area contributed by atoms with Gasteiger partial charge in [0.1, 0.15) is 17.6 Å².